The molecule has 0 N–H and O–H groups in total. The Labute approximate surface area is 278 Å². The summed E-state index contributed by atoms with van der Waals surface area (Å²) in [6, 6.07) is 67.5. The third-order valence-electron chi connectivity index (χ3n) is 8.42. The molecule has 208 valence electrons. The van der Waals surface area contributed by atoms with Crippen LogP contribution in [0.5, 0.6) is 0 Å². The van der Waals surface area contributed by atoms with E-state index in [9.17, 15) is 0 Å². The Morgan fingerprint density at radius 1 is 0.302 bits per heavy atom. The monoisotopic (exact) mass is 786 g/mol. The standard InChI is InChI=1S/2C20H17.S.2Sn/c2*1-20(17-11-5-2-6-12-17,18-13-7-3-8-14-18)19-15-9-4-10-16-19;;;/h2*2-16H,1H2;;;. The molecule has 3 heteroatoms. The maximum atomic E-state index is 2.41. The topological polar surface area (TPSA) is 0 Å². The van der Waals surface area contributed by atoms with Gasteiger partial charge in [-0.3, -0.25) is 0 Å². The summed E-state index contributed by atoms with van der Waals surface area (Å²) in [5.74, 6) is 0. The number of hydrogen-bond acceptors (Lipinski definition) is 1. The molecule has 0 saturated heterocycles. The summed E-state index contributed by atoms with van der Waals surface area (Å²) in [5.41, 5.74) is 8.23. The Morgan fingerprint density at radius 3 is 0.674 bits per heavy atom. The van der Waals surface area contributed by atoms with Gasteiger partial charge in [-0.05, 0) is 0 Å². The van der Waals surface area contributed by atoms with E-state index in [1.54, 1.807) is 0 Å². The van der Waals surface area contributed by atoms with Crippen molar-refractivity contribution < 1.29 is 0 Å². The van der Waals surface area contributed by atoms with Crippen molar-refractivity contribution in [2.75, 3.05) is 0 Å². The molecule has 0 bridgehead atoms. The molecule has 0 aliphatic heterocycles. The average Bonchev–Trinajstić information content (AvgIpc) is 3.11. The van der Waals surface area contributed by atoms with E-state index in [0.29, 0.717) is 0 Å². The Bertz CT molecular complexity index is 1340. The Hall–Kier alpha value is -2.73. The molecule has 0 aliphatic carbocycles. The fraction of sp³-hybridized carbons (Fsp3) is 0.100. The summed E-state index contributed by atoms with van der Waals surface area (Å²) in [7, 11) is 0. The minimum atomic E-state index is -0.791. The first-order valence-electron chi connectivity index (χ1n) is 14.8. The van der Waals surface area contributed by atoms with E-state index >= 15 is 0 Å². The molecule has 0 aromatic heterocycles. The predicted octanol–water partition coefficient (Wildman–Crippen LogP) is 9.86. The minimum absolute atomic E-state index is 0.113. The first-order chi connectivity index (χ1) is 21.3. The van der Waals surface area contributed by atoms with Crippen LogP contribution in [-0.2, 0) is 10.8 Å². The number of benzene rings is 6. The first kappa shape index (κ1) is 30.3. The van der Waals surface area contributed by atoms with Crippen molar-refractivity contribution >= 4 is 45.6 Å². The molecule has 0 fully saturated rings. The van der Waals surface area contributed by atoms with Crippen molar-refractivity contribution in [2.24, 2.45) is 0 Å². The molecule has 0 spiro atoms. The third-order valence-corrected chi connectivity index (χ3v) is 33.5. The van der Waals surface area contributed by atoms with Crippen molar-refractivity contribution in [3.63, 3.8) is 0 Å². The third kappa shape index (κ3) is 6.55. The summed E-state index contributed by atoms with van der Waals surface area (Å²) < 4.78 is 2.46. The van der Waals surface area contributed by atoms with Gasteiger partial charge in [0.25, 0.3) is 0 Å². The van der Waals surface area contributed by atoms with Gasteiger partial charge in [0.05, 0.1) is 0 Å². The van der Waals surface area contributed by atoms with Crippen LogP contribution in [0.2, 0.25) is 8.87 Å². The second-order valence-corrected chi connectivity index (χ2v) is 32.0. The molecule has 0 aliphatic rings. The van der Waals surface area contributed by atoms with Gasteiger partial charge >= 0.3 is 281 Å². The van der Waals surface area contributed by atoms with Crippen LogP contribution >= 0.6 is 6.13 Å². The van der Waals surface area contributed by atoms with Crippen molar-refractivity contribution in [1.29, 1.82) is 0 Å². The van der Waals surface area contributed by atoms with Crippen LogP contribution in [0.3, 0.4) is 0 Å². The summed E-state index contributed by atoms with van der Waals surface area (Å²) in [5, 5.41) is 0. The van der Waals surface area contributed by atoms with Gasteiger partial charge in [-0.2, -0.15) is 0 Å². The van der Waals surface area contributed by atoms with E-state index in [4.69, 9.17) is 0 Å². The second kappa shape index (κ2) is 14.8. The van der Waals surface area contributed by atoms with E-state index < -0.39 is 39.5 Å². The Balaban J connectivity index is 1.33. The van der Waals surface area contributed by atoms with Crippen LogP contribution in [0.15, 0.2) is 182 Å². The molecule has 43 heavy (non-hydrogen) atoms. The van der Waals surface area contributed by atoms with Gasteiger partial charge in [-0.15, -0.1) is 0 Å². The zero-order valence-electron chi connectivity index (χ0n) is 24.1. The van der Waals surface area contributed by atoms with Crippen LogP contribution in [0.1, 0.15) is 33.4 Å². The van der Waals surface area contributed by atoms with Gasteiger partial charge in [0.15, 0.2) is 0 Å². The molecular formula is C40H34SSn2. The molecule has 4 radical (unpaired) electrons. The van der Waals surface area contributed by atoms with Gasteiger partial charge < -0.3 is 0 Å². The van der Waals surface area contributed by atoms with Gasteiger partial charge in [0.2, 0.25) is 0 Å². The molecule has 0 saturated carbocycles. The normalized spacial score (nSPS) is 11.7. The van der Waals surface area contributed by atoms with Crippen molar-refractivity contribution in [2.45, 2.75) is 19.7 Å². The summed E-state index contributed by atoms with van der Waals surface area (Å²) in [6.07, 6.45) is 2.41. The summed E-state index contributed by atoms with van der Waals surface area (Å²) in [4.78, 5) is 0. The predicted molar refractivity (Wildman–Crippen MR) is 187 cm³/mol. The summed E-state index contributed by atoms with van der Waals surface area (Å²) >= 11 is -1.58. The summed E-state index contributed by atoms with van der Waals surface area (Å²) in [6.45, 7) is 0. The molecule has 6 aromatic rings. The molecule has 6 aromatic carbocycles. The molecule has 0 amide bonds. The van der Waals surface area contributed by atoms with Gasteiger partial charge in [-0.1, -0.05) is 0 Å². The Morgan fingerprint density at radius 2 is 0.488 bits per heavy atom. The van der Waals surface area contributed by atoms with E-state index in [-0.39, 0.29) is 10.8 Å². The quantitative estimate of drug-likeness (QED) is 0.0677. The van der Waals surface area contributed by atoms with E-state index in [1.165, 1.54) is 42.3 Å². The molecule has 0 unspecified atom stereocenters. The SMILES string of the molecule is c1ccc(C([CH2][Sn][S][Sn][CH2]C(c2ccccc2)(c2ccccc2)c2ccccc2)(c2ccccc2)c2ccccc2)cc1. The average molecular weight is 784 g/mol. The van der Waals surface area contributed by atoms with Crippen LogP contribution < -0.4 is 0 Å². The van der Waals surface area contributed by atoms with E-state index in [0.717, 1.165) is 0 Å². The van der Waals surface area contributed by atoms with Gasteiger partial charge in [0.1, 0.15) is 0 Å². The van der Waals surface area contributed by atoms with Crippen molar-refractivity contribution in [1.82, 2.24) is 0 Å². The first-order valence-corrected chi connectivity index (χ1v) is 26.6. The molecule has 6 rings (SSSR count). The molecule has 0 nitrogen and oxygen atoms in total. The fourth-order valence-electron chi connectivity index (χ4n) is 6.29. The number of hydrogen-bond donors (Lipinski definition) is 0. The van der Waals surface area contributed by atoms with Crippen molar-refractivity contribution in [3.05, 3.63) is 215 Å². The van der Waals surface area contributed by atoms with Crippen molar-refractivity contribution in [3.8, 4) is 0 Å². The fourth-order valence-corrected chi connectivity index (χ4v) is 30.4. The maximum absolute atomic E-state index is 2.41. The molecule has 0 atom stereocenters. The zero-order valence-corrected chi connectivity index (χ0v) is 30.7. The van der Waals surface area contributed by atoms with Gasteiger partial charge in [-0.25, -0.2) is 0 Å². The van der Waals surface area contributed by atoms with Gasteiger partial charge in [0, 0.05) is 0 Å². The second-order valence-electron chi connectivity index (χ2n) is 10.8. The van der Waals surface area contributed by atoms with Crippen LogP contribution in [-0.4, -0.2) is 39.5 Å². The zero-order chi connectivity index (χ0) is 29.2. The van der Waals surface area contributed by atoms with Crippen LogP contribution in [0.4, 0.5) is 0 Å². The van der Waals surface area contributed by atoms with E-state index in [1.807, 2.05) is 0 Å². The molecular weight excluding hydrogens is 750 g/mol. The number of rotatable bonds is 12. The molecule has 0 heterocycles. The van der Waals surface area contributed by atoms with Crippen LogP contribution in [0.25, 0.3) is 0 Å². The Kier molecular flexibility index (Phi) is 10.5. The van der Waals surface area contributed by atoms with Crippen LogP contribution in [0, 0.1) is 0 Å². The van der Waals surface area contributed by atoms with E-state index in [2.05, 4.69) is 188 Å².